The lowest BCUT2D eigenvalue weighted by atomic mass is 10.2. The van der Waals surface area contributed by atoms with Crippen LogP contribution in [0.5, 0.6) is 0 Å². The molecule has 0 saturated carbocycles. The molecular formula is C52H80NO10P. The number of ether oxygens (including phenoxy) is 1. The lowest BCUT2D eigenvalue weighted by Crippen LogP contribution is -2.43. The highest BCUT2D eigenvalue weighted by molar-refractivity contribution is 7.47. The number of amides is 1. The van der Waals surface area contributed by atoms with Crippen LogP contribution >= 0.6 is 7.82 Å². The van der Waals surface area contributed by atoms with Crippen molar-refractivity contribution in [3.8, 4) is 0 Å². The first-order valence-electron chi connectivity index (χ1n) is 23.2. The standard InChI is InChI=1S/C52H80NO10P/c1-3-5-7-9-11-13-15-17-19-21-22-23-24-25-26-28-30-32-34-36-38-40-42-44-51(56)61-45-48(54)46-62-64(59,60)63-47-49(52(57)58)53-50(55)43-41-39-37-35-33-31-29-27-20-18-16-14-12-10-8-6-4-2/h5,7,11-14,17-20,22-23,25-26,29-32,35-38,48-49,54H,3-4,6,8-10,15-16,21,24,27-28,33-34,39-47H2,1-2H3,(H,53,55)(H,57,58)(H,59,60)/b7-5-,13-11-,14-12-,19-17-,20-18-,23-22-,26-25-,31-29-,32-30-,37-35-,38-36-. The molecule has 0 saturated heterocycles. The smallest absolute Gasteiger partial charge is 0.472 e. The Morgan fingerprint density at radius 2 is 0.891 bits per heavy atom. The molecule has 0 aliphatic rings. The molecule has 3 unspecified atom stereocenters. The van der Waals surface area contributed by atoms with Crippen molar-refractivity contribution in [1.29, 1.82) is 0 Å². The quantitative estimate of drug-likeness (QED) is 0.0200. The number of esters is 1. The van der Waals surface area contributed by atoms with E-state index in [1.807, 2.05) is 24.3 Å². The Labute approximate surface area is 385 Å². The third kappa shape index (κ3) is 44.2. The van der Waals surface area contributed by atoms with Crippen LogP contribution in [0.25, 0.3) is 0 Å². The van der Waals surface area contributed by atoms with Gasteiger partial charge in [-0.15, -0.1) is 0 Å². The third-order valence-corrected chi connectivity index (χ3v) is 9.87. The highest BCUT2D eigenvalue weighted by Gasteiger charge is 2.28. The van der Waals surface area contributed by atoms with E-state index < -0.39 is 57.6 Å². The third-order valence-electron chi connectivity index (χ3n) is 8.92. The molecule has 0 aliphatic heterocycles. The number of hydrogen-bond donors (Lipinski definition) is 4. The number of carbonyl (C=O) groups excluding carboxylic acids is 2. The summed E-state index contributed by atoms with van der Waals surface area (Å²) in [5.74, 6) is -2.54. The maximum Gasteiger partial charge on any atom is 0.472 e. The molecule has 0 rings (SSSR count). The van der Waals surface area contributed by atoms with Crippen LogP contribution < -0.4 is 5.32 Å². The van der Waals surface area contributed by atoms with E-state index in [4.69, 9.17) is 13.8 Å². The minimum atomic E-state index is -4.80. The zero-order valence-corrected chi connectivity index (χ0v) is 39.7. The van der Waals surface area contributed by atoms with Crippen molar-refractivity contribution in [1.82, 2.24) is 5.32 Å². The number of rotatable bonds is 41. The number of phosphoric ester groups is 1. The summed E-state index contributed by atoms with van der Waals surface area (Å²) in [6.45, 7) is 2.33. The van der Waals surface area contributed by atoms with Crippen LogP contribution in [0.3, 0.4) is 0 Å². The van der Waals surface area contributed by atoms with E-state index in [0.717, 1.165) is 70.6 Å². The summed E-state index contributed by atoms with van der Waals surface area (Å²) in [6.07, 6.45) is 62.0. The molecule has 0 spiro atoms. The number of allylic oxidation sites excluding steroid dienone is 22. The molecule has 0 aromatic rings. The van der Waals surface area contributed by atoms with E-state index in [9.17, 15) is 34.1 Å². The van der Waals surface area contributed by atoms with Crippen molar-refractivity contribution in [3.63, 3.8) is 0 Å². The fraction of sp³-hybridized carbons (Fsp3) is 0.519. The molecule has 0 heterocycles. The Balaban J connectivity index is 4.06. The van der Waals surface area contributed by atoms with E-state index >= 15 is 0 Å². The van der Waals surface area contributed by atoms with Crippen molar-refractivity contribution in [2.24, 2.45) is 0 Å². The molecular weight excluding hydrogens is 830 g/mol. The molecule has 0 radical (unpaired) electrons. The molecule has 4 N–H and O–H groups in total. The zero-order valence-electron chi connectivity index (χ0n) is 38.8. The molecule has 1 amide bonds. The van der Waals surface area contributed by atoms with Crippen molar-refractivity contribution >= 4 is 25.7 Å². The van der Waals surface area contributed by atoms with Crippen LogP contribution in [0.15, 0.2) is 134 Å². The monoisotopic (exact) mass is 910 g/mol. The predicted octanol–water partition coefficient (Wildman–Crippen LogP) is 12.6. The summed E-state index contributed by atoms with van der Waals surface area (Å²) >= 11 is 0. The second-order valence-electron chi connectivity index (χ2n) is 14.9. The van der Waals surface area contributed by atoms with Crippen LogP contribution in [0, 0.1) is 0 Å². The number of carboxylic acids is 1. The predicted molar refractivity (Wildman–Crippen MR) is 262 cm³/mol. The van der Waals surface area contributed by atoms with E-state index in [-0.39, 0.29) is 12.8 Å². The van der Waals surface area contributed by atoms with Gasteiger partial charge in [-0.25, -0.2) is 9.36 Å². The molecule has 3 atom stereocenters. The number of aliphatic hydroxyl groups excluding tert-OH is 1. The zero-order chi connectivity index (χ0) is 47.0. The van der Waals surface area contributed by atoms with Gasteiger partial charge in [0.05, 0.1) is 13.2 Å². The van der Waals surface area contributed by atoms with E-state index in [1.165, 1.54) is 19.3 Å². The highest BCUT2D eigenvalue weighted by Crippen LogP contribution is 2.43. The average molecular weight is 910 g/mol. The topological polar surface area (TPSA) is 169 Å². The van der Waals surface area contributed by atoms with Crippen LogP contribution in [0.2, 0.25) is 0 Å². The Bertz CT molecular complexity index is 1580. The van der Waals surface area contributed by atoms with Gasteiger partial charge in [-0.05, 0) is 103 Å². The lowest BCUT2D eigenvalue weighted by Gasteiger charge is -2.18. The van der Waals surface area contributed by atoms with Gasteiger partial charge in [0.1, 0.15) is 12.7 Å². The normalized spacial score (nSPS) is 14.8. The summed E-state index contributed by atoms with van der Waals surface area (Å²) < 4.78 is 26.8. The molecule has 64 heavy (non-hydrogen) atoms. The van der Waals surface area contributed by atoms with Gasteiger partial charge >= 0.3 is 19.8 Å². The first-order chi connectivity index (χ1) is 31.1. The van der Waals surface area contributed by atoms with Crippen molar-refractivity contribution in [2.45, 2.75) is 154 Å². The highest BCUT2D eigenvalue weighted by atomic mass is 31.2. The van der Waals surface area contributed by atoms with Crippen LogP contribution in [0.1, 0.15) is 142 Å². The fourth-order valence-corrected chi connectivity index (χ4v) is 6.13. The second-order valence-corrected chi connectivity index (χ2v) is 16.3. The number of unbranched alkanes of at least 4 members (excludes halogenated alkanes) is 5. The Kier molecular flexibility index (Phi) is 42.1. The fourth-order valence-electron chi connectivity index (χ4n) is 5.35. The van der Waals surface area contributed by atoms with Gasteiger partial charge in [0.2, 0.25) is 5.91 Å². The van der Waals surface area contributed by atoms with Crippen LogP contribution in [-0.2, 0) is 32.7 Å². The van der Waals surface area contributed by atoms with Gasteiger partial charge in [0.25, 0.3) is 0 Å². The Morgan fingerprint density at radius 3 is 1.30 bits per heavy atom. The van der Waals surface area contributed by atoms with Crippen LogP contribution in [0.4, 0.5) is 0 Å². The average Bonchev–Trinajstić information content (AvgIpc) is 3.27. The molecule has 0 aliphatic carbocycles. The number of phosphoric acid groups is 1. The maximum atomic E-state index is 12.3. The molecule has 0 aromatic heterocycles. The number of nitrogens with one attached hydrogen (secondary N) is 1. The molecule has 0 bridgehead atoms. The minimum Gasteiger partial charge on any atom is -0.480 e. The van der Waals surface area contributed by atoms with Crippen molar-refractivity contribution < 1.29 is 47.8 Å². The summed E-state index contributed by atoms with van der Waals surface area (Å²) in [4.78, 5) is 45.9. The first-order valence-corrected chi connectivity index (χ1v) is 24.7. The second kappa shape index (κ2) is 45.2. The summed E-state index contributed by atoms with van der Waals surface area (Å²) in [7, 11) is -4.80. The van der Waals surface area contributed by atoms with Gasteiger partial charge in [0, 0.05) is 12.8 Å². The van der Waals surface area contributed by atoms with Gasteiger partial charge in [-0.1, -0.05) is 160 Å². The number of aliphatic carboxylic acids is 1. The lowest BCUT2D eigenvalue weighted by molar-refractivity contribution is -0.147. The molecule has 0 aromatic carbocycles. The number of aliphatic hydroxyl groups is 1. The van der Waals surface area contributed by atoms with E-state index in [2.05, 4.69) is 129 Å². The van der Waals surface area contributed by atoms with Gasteiger partial charge in [-0.2, -0.15) is 0 Å². The van der Waals surface area contributed by atoms with E-state index in [0.29, 0.717) is 25.7 Å². The van der Waals surface area contributed by atoms with E-state index in [1.54, 1.807) is 0 Å². The summed E-state index contributed by atoms with van der Waals surface area (Å²) in [5.41, 5.74) is 0. The Hall–Kier alpha value is -4.38. The van der Waals surface area contributed by atoms with Crippen molar-refractivity contribution in [3.05, 3.63) is 134 Å². The van der Waals surface area contributed by atoms with Gasteiger partial charge in [-0.3, -0.25) is 18.6 Å². The maximum absolute atomic E-state index is 12.3. The summed E-state index contributed by atoms with van der Waals surface area (Å²) in [5, 5.41) is 21.8. The minimum absolute atomic E-state index is 0.0573. The number of carbonyl (C=O) groups is 3. The largest absolute Gasteiger partial charge is 0.480 e. The van der Waals surface area contributed by atoms with Gasteiger partial charge < -0.3 is 25.2 Å². The molecule has 358 valence electrons. The number of carboxylic acid groups (broad SMARTS) is 1. The molecule has 11 nitrogen and oxygen atoms in total. The summed E-state index contributed by atoms with van der Waals surface area (Å²) in [6, 6.07) is -1.59. The SMILES string of the molecule is CC/C=C\C/C=C\C/C=C\C/C=C\C/C=C\C/C=C\C/C=C\CCCC(=O)OCC(O)COP(=O)(O)OCC(NC(=O)CCC/C=C\C/C=C\C/C=C\C/C=C\CCCCC)C(=O)O. The van der Waals surface area contributed by atoms with Crippen molar-refractivity contribution in [2.75, 3.05) is 19.8 Å². The molecule has 0 fully saturated rings. The molecule has 12 heteroatoms. The van der Waals surface area contributed by atoms with Crippen LogP contribution in [-0.4, -0.2) is 64.9 Å². The number of hydrogen-bond acceptors (Lipinski definition) is 8. The first kappa shape index (κ1) is 59.6. The Morgan fingerprint density at radius 1 is 0.516 bits per heavy atom. The van der Waals surface area contributed by atoms with Gasteiger partial charge in [0.15, 0.2) is 6.04 Å².